The molecule has 0 atom stereocenters. The number of carbonyl (C=O) groups excluding carboxylic acids is 1. The average molecular weight is 280 g/mol. The Morgan fingerprint density at radius 2 is 2.20 bits per heavy atom. The quantitative estimate of drug-likeness (QED) is 0.549. The van der Waals surface area contributed by atoms with Gasteiger partial charge in [-0.15, -0.1) is 0 Å². The van der Waals surface area contributed by atoms with Crippen molar-refractivity contribution in [2.24, 2.45) is 12.0 Å². The summed E-state index contributed by atoms with van der Waals surface area (Å²) in [4.78, 5) is 17.3. The van der Waals surface area contributed by atoms with Gasteiger partial charge in [-0.3, -0.25) is 9.48 Å². The molecule has 0 radical (unpaired) electrons. The number of likely N-dealkylation sites (N-methyl/N-ethyl adjacent to an activating group) is 1. The standard InChI is InChI=1S/C13H24N6O/c1-5-14-13(16-9-12(20)18(2)3)15-7-6-11-8-17-19(4)10-11/h8,10H,5-7,9H2,1-4H3,(H2,14,15,16). The smallest absolute Gasteiger partial charge is 0.243 e. The van der Waals surface area contributed by atoms with Gasteiger partial charge in [0, 0.05) is 40.4 Å². The lowest BCUT2D eigenvalue weighted by Gasteiger charge is -2.12. The van der Waals surface area contributed by atoms with E-state index in [2.05, 4.69) is 20.7 Å². The van der Waals surface area contributed by atoms with Crippen molar-refractivity contribution in [2.75, 3.05) is 33.7 Å². The molecular formula is C13H24N6O. The van der Waals surface area contributed by atoms with Crippen molar-refractivity contribution in [3.05, 3.63) is 18.0 Å². The second-order valence-electron chi connectivity index (χ2n) is 4.68. The Hall–Kier alpha value is -2.05. The Morgan fingerprint density at radius 1 is 1.45 bits per heavy atom. The van der Waals surface area contributed by atoms with Crippen LogP contribution >= 0.6 is 0 Å². The highest BCUT2D eigenvalue weighted by atomic mass is 16.2. The summed E-state index contributed by atoms with van der Waals surface area (Å²) in [5.74, 6) is 0.640. The molecule has 1 heterocycles. The van der Waals surface area contributed by atoms with Crippen molar-refractivity contribution in [1.82, 2.24) is 25.3 Å². The number of amides is 1. The van der Waals surface area contributed by atoms with E-state index in [0.717, 1.165) is 19.5 Å². The lowest BCUT2D eigenvalue weighted by molar-refractivity contribution is -0.127. The molecule has 112 valence electrons. The first-order valence-electron chi connectivity index (χ1n) is 6.72. The van der Waals surface area contributed by atoms with Crippen molar-refractivity contribution < 1.29 is 4.79 Å². The number of nitrogens with one attached hydrogen (secondary N) is 2. The molecule has 1 aromatic rings. The van der Waals surface area contributed by atoms with E-state index in [1.165, 1.54) is 10.5 Å². The maximum absolute atomic E-state index is 11.5. The molecule has 1 rings (SSSR count). The van der Waals surface area contributed by atoms with Gasteiger partial charge in [0.05, 0.1) is 6.20 Å². The Labute approximate surface area is 120 Å². The molecule has 7 nitrogen and oxygen atoms in total. The first-order valence-corrected chi connectivity index (χ1v) is 6.72. The minimum absolute atomic E-state index is 0.0190. The van der Waals surface area contributed by atoms with Gasteiger partial charge in [-0.2, -0.15) is 5.10 Å². The van der Waals surface area contributed by atoms with E-state index in [-0.39, 0.29) is 12.5 Å². The molecule has 7 heteroatoms. The van der Waals surface area contributed by atoms with Crippen LogP contribution in [0.4, 0.5) is 0 Å². The van der Waals surface area contributed by atoms with E-state index in [9.17, 15) is 4.79 Å². The molecule has 1 aromatic heterocycles. The van der Waals surface area contributed by atoms with Crippen LogP contribution in [0.1, 0.15) is 12.5 Å². The number of aromatic nitrogens is 2. The summed E-state index contributed by atoms with van der Waals surface area (Å²) < 4.78 is 1.78. The van der Waals surface area contributed by atoms with Crippen LogP contribution in [0.15, 0.2) is 17.4 Å². The second-order valence-corrected chi connectivity index (χ2v) is 4.68. The van der Waals surface area contributed by atoms with Crippen molar-refractivity contribution in [2.45, 2.75) is 13.3 Å². The molecule has 0 saturated heterocycles. The first-order chi connectivity index (χ1) is 9.52. The fourth-order valence-corrected chi connectivity index (χ4v) is 1.56. The third-order valence-corrected chi connectivity index (χ3v) is 2.68. The largest absolute Gasteiger partial charge is 0.357 e. The molecule has 0 bridgehead atoms. The normalized spacial score (nSPS) is 11.3. The fraction of sp³-hybridized carbons (Fsp3) is 0.615. The van der Waals surface area contributed by atoms with E-state index in [4.69, 9.17) is 0 Å². The maximum atomic E-state index is 11.5. The second kappa shape index (κ2) is 8.19. The van der Waals surface area contributed by atoms with Crippen molar-refractivity contribution in [3.8, 4) is 0 Å². The van der Waals surface area contributed by atoms with E-state index < -0.39 is 0 Å². The predicted molar refractivity (Wildman–Crippen MR) is 79.6 cm³/mol. The number of aliphatic imine (C=N–C) groups is 1. The molecule has 0 saturated carbocycles. The van der Waals surface area contributed by atoms with Gasteiger partial charge in [0.25, 0.3) is 0 Å². The van der Waals surface area contributed by atoms with Crippen LogP contribution in [0, 0.1) is 0 Å². The minimum atomic E-state index is -0.0190. The molecule has 2 N–H and O–H groups in total. The molecule has 0 aliphatic carbocycles. The number of carbonyl (C=O) groups is 1. The van der Waals surface area contributed by atoms with Gasteiger partial charge in [0.1, 0.15) is 6.54 Å². The average Bonchev–Trinajstić information content (AvgIpc) is 2.81. The summed E-state index contributed by atoms with van der Waals surface area (Å²) in [5.41, 5.74) is 1.17. The molecule has 0 aliphatic heterocycles. The van der Waals surface area contributed by atoms with Gasteiger partial charge in [0.2, 0.25) is 5.91 Å². The van der Waals surface area contributed by atoms with Gasteiger partial charge >= 0.3 is 0 Å². The summed E-state index contributed by atoms with van der Waals surface area (Å²) >= 11 is 0. The van der Waals surface area contributed by atoms with E-state index in [1.54, 1.807) is 18.8 Å². The van der Waals surface area contributed by atoms with Crippen LogP contribution < -0.4 is 10.6 Å². The number of hydrogen-bond acceptors (Lipinski definition) is 3. The van der Waals surface area contributed by atoms with Gasteiger partial charge in [-0.25, -0.2) is 4.99 Å². The SMILES string of the molecule is CCNC(=NCC(=O)N(C)C)NCCc1cnn(C)c1. The van der Waals surface area contributed by atoms with E-state index in [1.807, 2.05) is 26.4 Å². The van der Waals surface area contributed by atoms with Gasteiger partial charge in [-0.05, 0) is 18.9 Å². The fourth-order valence-electron chi connectivity index (χ4n) is 1.56. The molecule has 0 aromatic carbocycles. The lowest BCUT2D eigenvalue weighted by Crippen LogP contribution is -2.39. The van der Waals surface area contributed by atoms with E-state index in [0.29, 0.717) is 5.96 Å². The highest BCUT2D eigenvalue weighted by Crippen LogP contribution is 1.95. The van der Waals surface area contributed by atoms with Crippen LogP contribution in [0.2, 0.25) is 0 Å². The highest BCUT2D eigenvalue weighted by molar-refractivity contribution is 5.84. The Morgan fingerprint density at radius 3 is 2.75 bits per heavy atom. The maximum Gasteiger partial charge on any atom is 0.243 e. The molecule has 1 amide bonds. The van der Waals surface area contributed by atoms with Crippen LogP contribution in [-0.2, 0) is 18.3 Å². The lowest BCUT2D eigenvalue weighted by atomic mass is 10.2. The summed E-state index contributed by atoms with van der Waals surface area (Å²) in [6.07, 6.45) is 4.70. The molecule has 0 spiro atoms. The number of aryl methyl sites for hydroxylation is 1. The zero-order chi connectivity index (χ0) is 15.0. The van der Waals surface area contributed by atoms with Crippen LogP contribution in [0.5, 0.6) is 0 Å². The van der Waals surface area contributed by atoms with Gasteiger partial charge in [-0.1, -0.05) is 0 Å². The Bertz CT molecular complexity index is 451. The topological polar surface area (TPSA) is 74.6 Å². The Kier molecular flexibility index (Phi) is 6.55. The van der Waals surface area contributed by atoms with E-state index >= 15 is 0 Å². The summed E-state index contributed by atoms with van der Waals surface area (Å²) in [7, 11) is 5.34. The number of rotatable bonds is 6. The third kappa shape index (κ3) is 5.73. The number of hydrogen-bond donors (Lipinski definition) is 2. The highest BCUT2D eigenvalue weighted by Gasteiger charge is 2.04. The van der Waals surface area contributed by atoms with Crippen LogP contribution in [0.25, 0.3) is 0 Å². The molecule has 0 aliphatic rings. The van der Waals surface area contributed by atoms with Gasteiger partial charge < -0.3 is 15.5 Å². The zero-order valence-corrected chi connectivity index (χ0v) is 12.7. The number of guanidine groups is 1. The third-order valence-electron chi connectivity index (χ3n) is 2.68. The monoisotopic (exact) mass is 280 g/mol. The molecular weight excluding hydrogens is 256 g/mol. The first kappa shape index (κ1) is 16.0. The van der Waals surface area contributed by atoms with Crippen molar-refractivity contribution in [1.29, 1.82) is 0 Å². The zero-order valence-electron chi connectivity index (χ0n) is 12.7. The molecule has 0 unspecified atom stereocenters. The summed E-state index contributed by atoms with van der Waals surface area (Å²) in [6, 6.07) is 0. The molecule has 20 heavy (non-hydrogen) atoms. The van der Waals surface area contributed by atoms with Crippen molar-refractivity contribution in [3.63, 3.8) is 0 Å². The summed E-state index contributed by atoms with van der Waals surface area (Å²) in [5, 5.41) is 10.4. The molecule has 0 fully saturated rings. The van der Waals surface area contributed by atoms with Crippen LogP contribution in [0.3, 0.4) is 0 Å². The predicted octanol–water partition coefficient (Wildman–Crippen LogP) is -0.394. The van der Waals surface area contributed by atoms with Crippen molar-refractivity contribution >= 4 is 11.9 Å². The Balaban J connectivity index is 2.42. The van der Waals surface area contributed by atoms with Crippen LogP contribution in [-0.4, -0.2) is 60.3 Å². The minimum Gasteiger partial charge on any atom is -0.357 e. The van der Waals surface area contributed by atoms with Gasteiger partial charge in [0.15, 0.2) is 5.96 Å². The number of nitrogens with zero attached hydrogens (tertiary/aromatic N) is 4. The summed E-state index contributed by atoms with van der Waals surface area (Å²) in [6.45, 7) is 3.64.